The van der Waals surface area contributed by atoms with Crippen LogP contribution < -0.4 is 5.32 Å². The van der Waals surface area contributed by atoms with Gasteiger partial charge in [0.05, 0.1) is 7.11 Å². The summed E-state index contributed by atoms with van der Waals surface area (Å²) in [6.45, 7) is 1.29. The number of carbonyl (C=O) groups is 3. The Bertz CT molecular complexity index is 670. The number of nitrogens with one attached hydrogen (secondary N) is 1. The first-order valence-corrected chi connectivity index (χ1v) is 7.29. The predicted octanol–water partition coefficient (Wildman–Crippen LogP) is 1.12. The fraction of sp³-hybridized carbons (Fsp3) is 0.438. The van der Waals surface area contributed by atoms with Gasteiger partial charge < -0.3 is 10.1 Å². The van der Waals surface area contributed by atoms with Crippen LogP contribution in [0.1, 0.15) is 30.0 Å². The largest absolute Gasteiger partial charge is 0.468 e. The quantitative estimate of drug-likeness (QED) is 0.670. The highest BCUT2D eigenvalue weighted by molar-refractivity contribution is 6.08. The van der Waals surface area contributed by atoms with Crippen molar-refractivity contribution in [2.45, 2.75) is 31.7 Å². The van der Waals surface area contributed by atoms with Crippen molar-refractivity contribution < 1.29 is 19.1 Å². The Hall–Kier alpha value is -2.37. The summed E-state index contributed by atoms with van der Waals surface area (Å²) in [6.07, 6.45) is 3.17. The molecule has 3 amide bonds. The van der Waals surface area contributed by atoms with Gasteiger partial charge in [0.1, 0.15) is 12.1 Å². The number of urea groups is 1. The molecule has 1 aromatic rings. The number of ether oxygens (including phenoxy) is 1. The molecule has 0 saturated carbocycles. The molecule has 1 aliphatic heterocycles. The van der Waals surface area contributed by atoms with E-state index in [0.29, 0.717) is 0 Å². The molecular formula is C16H18N2O4. The number of esters is 1. The zero-order valence-electron chi connectivity index (χ0n) is 12.6. The zero-order chi connectivity index (χ0) is 15.9. The van der Waals surface area contributed by atoms with E-state index >= 15 is 0 Å². The molecule has 1 N–H and O–H groups in total. The molecule has 1 atom stereocenters. The van der Waals surface area contributed by atoms with Crippen LogP contribution in [0.15, 0.2) is 18.2 Å². The third kappa shape index (κ3) is 2.15. The normalized spacial score (nSPS) is 23.5. The SMILES string of the molecule is COC(=O)CN1C(=O)NC(C)(c2ccc3c(c2)CCC3)C1=O. The number of nitrogens with zero attached hydrogens (tertiary/aromatic N) is 1. The monoisotopic (exact) mass is 302 g/mol. The summed E-state index contributed by atoms with van der Waals surface area (Å²) < 4.78 is 4.53. The van der Waals surface area contributed by atoms with Crippen molar-refractivity contribution in [2.24, 2.45) is 0 Å². The van der Waals surface area contributed by atoms with Crippen LogP contribution in [0.4, 0.5) is 4.79 Å². The van der Waals surface area contributed by atoms with E-state index in [0.717, 1.165) is 29.7 Å². The number of imide groups is 1. The van der Waals surface area contributed by atoms with Gasteiger partial charge in [0.15, 0.2) is 0 Å². The Morgan fingerprint density at radius 1 is 1.32 bits per heavy atom. The van der Waals surface area contributed by atoms with E-state index in [1.54, 1.807) is 6.92 Å². The smallest absolute Gasteiger partial charge is 0.325 e. The van der Waals surface area contributed by atoms with E-state index < -0.39 is 23.4 Å². The van der Waals surface area contributed by atoms with Gasteiger partial charge in [-0.25, -0.2) is 4.79 Å². The standard InChI is InChI=1S/C16H18N2O4/c1-16(12-7-6-10-4-3-5-11(10)8-12)14(20)18(15(21)17-16)9-13(19)22-2/h6-8H,3-5,9H2,1-2H3,(H,17,21). The lowest BCUT2D eigenvalue weighted by Gasteiger charge is -2.23. The highest BCUT2D eigenvalue weighted by Crippen LogP contribution is 2.32. The zero-order valence-corrected chi connectivity index (χ0v) is 12.6. The number of methoxy groups -OCH3 is 1. The average molecular weight is 302 g/mol. The number of benzene rings is 1. The summed E-state index contributed by atoms with van der Waals surface area (Å²) >= 11 is 0. The van der Waals surface area contributed by atoms with Crippen LogP contribution in [0.2, 0.25) is 0 Å². The van der Waals surface area contributed by atoms with Crippen LogP contribution in [0.25, 0.3) is 0 Å². The molecule has 6 heteroatoms. The molecule has 2 aliphatic rings. The number of fused-ring (bicyclic) bond motifs is 1. The van der Waals surface area contributed by atoms with E-state index in [-0.39, 0.29) is 6.54 Å². The second-order valence-electron chi connectivity index (χ2n) is 5.86. The van der Waals surface area contributed by atoms with Gasteiger partial charge >= 0.3 is 12.0 Å². The van der Waals surface area contributed by atoms with Gasteiger partial charge in [0.2, 0.25) is 0 Å². The van der Waals surface area contributed by atoms with Crippen molar-refractivity contribution in [3.8, 4) is 0 Å². The second-order valence-corrected chi connectivity index (χ2v) is 5.86. The summed E-state index contributed by atoms with van der Waals surface area (Å²) in [6, 6.07) is 5.32. The molecular weight excluding hydrogens is 284 g/mol. The van der Waals surface area contributed by atoms with Crippen LogP contribution in [-0.4, -0.2) is 36.5 Å². The summed E-state index contributed by atoms with van der Waals surface area (Å²) in [5.74, 6) is -1.05. The number of aryl methyl sites for hydroxylation is 2. The second kappa shape index (κ2) is 5.12. The van der Waals surface area contributed by atoms with Crippen LogP contribution in [-0.2, 0) is 32.7 Å². The Morgan fingerprint density at radius 3 is 2.77 bits per heavy atom. The highest BCUT2D eigenvalue weighted by atomic mass is 16.5. The van der Waals surface area contributed by atoms with Crippen LogP contribution in [0.3, 0.4) is 0 Å². The first kappa shape index (κ1) is 14.6. The van der Waals surface area contributed by atoms with Gasteiger partial charge in [-0.2, -0.15) is 0 Å². The van der Waals surface area contributed by atoms with Gasteiger partial charge in [-0.1, -0.05) is 18.2 Å². The molecule has 1 saturated heterocycles. The summed E-state index contributed by atoms with van der Waals surface area (Å²) in [4.78, 5) is 36.9. The summed E-state index contributed by atoms with van der Waals surface area (Å²) in [5, 5.41) is 2.70. The molecule has 22 heavy (non-hydrogen) atoms. The van der Waals surface area contributed by atoms with E-state index in [1.165, 1.54) is 18.2 Å². The molecule has 6 nitrogen and oxygen atoms in total. The fourth-order valence-electron chi connectivity index (χ4n) is 3.11. The molecule has 1 heterocycles. The lowest BCUT2D eigenvalue weighted by molar-refractivity contribution is -0.145. The van der Waals surface area contributed by atoms with Gasteiger partial charge in [0.25, 0.3) is 5.91 Å². The van der Waals surface area contributed by atoms with E-state index in [4.69, 9.17) is 0 Å². The Kier molecular flexibility index (Phi) is 3.39. The van der Waals surface area contributed by atoms with Crippen LogP contribution in [0.5, 0.6) is 0 Å². The van der Waals surface area contributed by atoms with E-state index in [2.05, 4.69) is 10.1 Å². The Labute approximate surface area is 128 Å². The molecule has 3 rings (SSSR count). The number of rotatable bonds is 3. The third-order valence-electron chi connectivity index (χ3n) is 4.47. The van der Waals surface area contributed by atoms with Crippen molar-refractivity contribution in [2.75, 3.05) is 13.7 Å². The third-order valence-corrected chi connectivity index (χ3v) is 4.47. The molecule has 0 radical (unpaired) electrons. The molecule has 1 fully saturated rings. The van der Waals surface area contributed by atoms with Crippen LogP contribution >= 0.6 is 0 Å². The first-order chi connectivity index (χ1) is 10.5. The fourth-order valence-corrected chi connectivity index (χ4v) is 3.11. The predicted molar refractivity (Wildman–Crippen MR) is 78.1 cm³/mol. The first-order valence-electron chi connectivity index (χ1n) is 7.29. The minimum atomic E-state index is -1.14. The highest BCUT2D eigenvalue weighted by Gasteiger charge is 2.49. The maximum absolute atomic E-state index is 12.6. The van der Waals surface area contributed by atoms with Crippen molar-refractivity contribution in [1.82, 2.24) is 10.2 Å². The molecule has 1 unspecified atom stereocenters. The number of hydrogen-bond acceptors (Lipinski definition) is 4. The van der Waals surface area contributed by atoms with Crippen molar-refractivity contribution in [3.63, 3.8) is 0 Å². The molecule has 1 aromatic carbocycles. The average Bonchev–Trinajstić information content (AvgIpc) is 3.05. The molecule has 116 valence electrons. The van der Waals surface area contributed by atoms with Gasteiger partial charge in [-0.3, -0.25) is 14.5 Å². The number of hydrogen-bond donors (Lipinski definition) is 1. The van der Waals surface area contributed by atoms with Crippen LogP contribution in [0, 0.1) is 0 Å². The van der Waals surface area contributed by atoms with Crippen molar-refractivity contribution in [3.05, 3.63) is 34.9 Å². The molecule has 0 aromatic heterocycles. The number of amides is 3. The summed E-state index contributed by atoms with van der Waals surface area (Å²) in [5.41, 5.74) is 2.14. The molecule has 0 spiro atoms. The maximum atomic E-state index is 12.6. The number of carbonyl (C=O) groups excluding carboxylic acids is 3. The Morgan fingerprint density at radius 2 is 2.05 bits per heavy atom. The molecule has 0 bridgehead atoms. The Balaban J connectivity index is 1.91. The van der Waals surface area contributed by atoms with Gasteiger partial charge in [0, 0.05) is 0 Å². The minimum Gasteiger partial charge on any atom is -0.468 e. The maximum Gasteiger partial charge on any atom is 0.325 e. The van der Waals surface area contributed by atoms with Crippen molar-refractivity contribution in [1.29, 1.82) is 0 Å². The topological polar surface area (TPSA) is 75.7 Å². The molecule has 1 aliphatic carbocycles. The summed E-state index contributed by atoms with van der Waals surface area (Å²) in [7, 11) is 1.22. The van der Waals surface area contributed by atoms with Crippen molar-refractivity contribution >= 4 is 17.9 Å². The van der Waals surface area contributed by atoms with Gasteiger partial charge in [-0.15, -0.1) is 0 Å². The lowest BCUT2D eigenvalue weighted by atomic mass is 9.90. The van der Waals surface area contributed by atoms with Gasteiger partial charge in [-0.05, 0) is 42.9 Å². The van der Waals surface area contributed by atoms with E-state index in [1.807, 2.05) is 18.2 Å². The minimum absolute atomic E-state index is 0.373. The lowest BCUT2D eigenvalue weighted by Crippen LogP contribution is -2.41. The van der Waals surface area contributed by atoms with E-state index in [9.17, 15) is 14.4 Å².